The zero-order valence-corrected chi connectivity index (χ0v) is 8.16. The molecule has 3 heteroatoms. The molecule has 0 aliphatic carbocycles. The lowest BCUT2D eigenvalue weighted by molar-refractivity contribution is -0.126. The molecule has 0 spiro atoms. The van der Waals surface area contributed by atoms with Crippen LogP contribution in [0.15, 0.2) is 12.2 Å². The second kappa shape index (κ2) is 5.75. The Morgan fingerprint density at radius 1 is 1.38 bits per heavy atom. The van der Waals surface area contributed by atoms with Crippen LogP contribution in [-0.4, -0.2) is 37.6 Å². The van der Waals surface area contributed by atoms with Crippen molar-refractivity contribution in [2.45, 2.75) is 19.3 Å². The van der Waals surface area contributed by atoms with Crippen LogP contribution >= 0.6 is 0 Å². The summed E-state index contributed by atoms with van der Waals surface area (Å²) >= 11 is 0. The third-order valence-electron chi connectivity index (χ3n) is 2.19. The highest BCUT2D eigenvalue weighted by atomic mass is 16.5. The lowest BCUT2D eigenvalue weighted by Gasteiger charge is -2.25. The van der Waals surface area contributed by atoms with Gasteiger partial charge in [-0.15, -0.1) is 0 Å². The van der Waals surface area contributed by atoms with E-state index in [0.717, 1.165) is 25.9 Å². The minimum absolute atomic E-state index is 0.122. The summed E-state index contributed by atoms with van der Waals surface area (Å²) < 4.78 is 4.82. The maximum absolute atomic E-state index is 11.5. The second-order valence-corrected chi connectivity index (χ2v) is 3.24. The molecule has 1 aliphatic heterocycles. The van der Waals surface area contributed by atoms with Crippen LogP contribution in [0.4, 0.5) is 0 Å². The average Bonchev–Trinajstić information content (AvgIpc) is 2.19. The summed E-state index contributed by atoms with van der Waals surface area (Å²) in [5.41, 5.74) is 0. The summed E-state index contributed by atoms with van der Waals surface area (Å²) in [6.07, 6.45) is 6.91. The number of piperidine rings is 1. The van der Waals surface area contributed by atoms with E-state index in [1.54, 1.807) is 19.3 Å². The number of likely N-dealkylation sites (tertiary alicyclic amines) is 1. The van der Waals surface area contributed by atoms with Gasteiger partial charge in [0.25, 0.3) is 0 Å². The van der Waals surface area contributed by atoms with Crippen molar-refractivity contribution in [3.05, 3.63) is 12.2 Å². The van der Waals surface area contributed by atoms with Gasteiger partial charge in [-0.3, -0.25) is 4.79 Å². The number of rotatable bonds is 3. The monoisotopic (exact) mass is 183 g/mol. The molecule has 0 unspecified atom stereocenters. The zero-order valence-electron chi connectivity index (χ0n) is 8.16. The number of carbonyl (C=O) groups is 1. The molecule has 1 aliphatic rings. The molecule has 0 saturated carbocycles. The van der Waals surface area contributed by atoms with Crippen LogP contribution in [0.5, 0.6) is 0 Å². The Balaban J connectivity index is 2.28. The van der Waals surface area contributed by atoms with Crippen molar-refractivity contribution in [2.24, 2.45) is 0 Å². The van der Waals surface area contributed by atoms with E-state index >= 15 is 0 Å². The standard InChI is InChI=1S/C10H17NO2/c1-13-9-5-6-10(12)11-7-3-2-4-8-11/h5-6H,2-4,7-9H2,1H3. The quantitative estimate of drug-likeness (QED) is 0.615. The van der Waals surface area contributed by atoms with E-state index in [1.165, 1.54) is 6.42 Å². The van der Waals surface area contributed by atoms with Crippen molar-refractivity contribution >= 4 is 5.91 Å². The number of hydrogen-bond acceptors (Lipinski definition) is 2. The summed E-state index contributed by atoms with van der Waals surface area (Å²) in [6, 6.07) is 0. The summed E-state index contributed by atoms with van der Waals surface area (Å²) in [4.78, 5) is 13.4. The first-order valence-electron chi connectivity index (χ1n) is 4.79. The van der Waals surface area contributed by atoms with E-state index in [2.05, 4.69) is 0 Å². The van der Waals surface area contributed by atoms with E-state index in [1.807, 2.05) is 4.90 Å². The third kappa shape index (κ3) is 3.59. The highest BCUT2D eigenvalue weighted by molar-refractivity contribution is 5.87. The normalized spacial score (nSPS) is 18.1. The summed E-state index contributed by atoms with van der Waals surface area (Å²) in [6.45, 7) is 2.34. The van der Waals surface area contributed by atoms with Crippen LogP contribution in [0.2, 0.25) is 0 Å². The van der Waals surface area contributed by atoms with E-state index in [4.69, 9.17) is 4.74 Å². The zero-order chi connectivity index (χ0) is 9.52. The van der Waals surface area contributed by atoms with Gasteiger partial charge >= 0.3 is 0 Å². The second-order valence-electron chi connectivity index (χ2n) is 3.24. The Bertz CT molecular complexity index is 183. The van der Waals surface area contributed by atoms with Crippen LogP contribution < -0.4 is 0 Å². The van der Waals surface area contributed by atoms with Crippen LogP contribution in [0, 0.1) is 0 Å². The van der Waals surface area contributed by atoms with Gasteiger partial charge in [-0.25, -0.2) is 0 Å². The lowest BCUT2D eigenvalue weighted by Crippen LogP contribution is -2.34. The number of amides is 1. The van der Waals surface area contributed by atoms with Crippen molar-refractivity contribution in [1.82, 2.24) is 4.90 Å². The molecular formula is C10H17NO2. The molecule has 0 atom stereocenters. The van der Waals surface area contributed by atoms with Gasteiger partial charge in [-0.2, -0.15) is 0 Å². The fourth-order valence-corrected chi connectivity index (χ4v) is 1.46. The molecule has 3 nitrogen and oxygen atoms in total. The van der Waals surface area contributed by atoms with E-state index in [-0.39, 0.29) is 5.91 Å². The van der Waals surface area contributed by atoms with Gasteiger partial charge in [0.2, 0.25) is 5.91 Å². The first-order chi connectivity index (χ1) is 6.34. The van der Waals surface area contributed by atoms with Crippen LogP contribution in [-0.2, 0) is 9.53 Å². The van der Waals surface area contributed by atoms with Gasteiger partial charge < -0.3 is 9.64 Å². The van der Waals surface area contributed by atoms with E-state index in [9.17, 15) is 4.79 Å². The van der Waals surface area contributed by atoms with Crippen molar-refractivity contribution in [2.75, 3.05) is 26.8 Å². The SMILES string of the molecule is COCC=CC(=O)N1CCCCC1. The number of ether oxygens (including phenoxy) is 1. The maximum atomic E-state index is 11.5. The molecular weight excluding hydrogens is 166 g/mol. The highest BCUT2D eigenvalue weighted by Crippen LogP contribution is 2.08. The van der Waals surface area contributed by atoms with Gasteiger partial charge in [0.05, 0.1) is 6.61 Å². The number of nitrogens with zero attached hydrogens (tertiary/aromatic N) is 1. The Morgan fingerprint density at radius 3 is 2.69 bits per heavy atom. The molecule has 0 aromatic carbocycles. The lowest BCUT2D eigenvalue weighted by atomic mass is 10.1. The first-order valence-corrected chi connectivity index (χ1v) is 4.79. The summed E-state index contributed by atoms with van der Waals surface area (Å²) in [5, 5.41) is 0. The largest absolute Gasteiger partial charge is 0.381 e. The predicted molar refractivity (Wildman–Crippen MR) is 51.4 cm³/mol. The molecule has 1 rings (SSSR count). The summed E-state index contributed by atoms with van der Waals surface area (Å²) in [7, 11) is 1.62. The minimum Gasteiger partial charge on any atom is -0.381 e. The molecule has 0 radical (unpaired) electrons. The van der Waals surface area contributed by atoms with Crippen molar-refractivity contribution in [1.29, 1.82) is 0 Å². The Morgan fingerprint density at radius 2 is 2.08 bits per heavy atom. The molecule has 1 amide bonds. The number of hydrogen-bond donors (Lipinski definition) is 0. The van der Waals surface area contributed by atoms with Gasteiger partial charge in [0, 0.05) is 26.3 Å². The van der Waals surface area contributed by atoms with E-state index in [0.29, 0.717) is 6.61 Å². The Hall–Kier alpha value is -0.830. The topological polar surface area (TPSA) is 29.5 Å². The van der Waals surface area contributed by atoms with Crippen molar-refractivity contribution < 1.29 is 9.53 Å². The van der Waals surface area contributed by atoms with Crippen molar-refractivity contribution in [3.63, 3.8) is 0 Å². The smallest absolute Gasteiger partial charge is 0.246 e. The number of carbonyl (C=O) groups excluding carboxylic acids is 1. The van der Waals surface area contributed by atoms with Gasteiger partial charge in [-0.05, 0) is 19.3 Å². The molecule has 0 aromatic rings. The highest BCUT2D eigenvalue weighted by Gasteiger charge is 2.13. The predicted octanol–water partition coefficient (Wildman–Crippen LogP) is 1.20. The molecule has 74 valence electrons. The van der Waals surface area contributed by atoms with Gasteiger partial charge in [-0.1, -0.05) is 6.08 Å². The molecule has 1 fully saturated rings. The maximum Gasteiger partial charge on any atom is 0.246 e. The Labute approximate surface area is 79.4 Å². The van der Waals surface area contributed by atoms with Gasteiger partial charge in [0.1, 0.15) is 0 Å². The molecule has 0 bridgehead atoms. The Kier molecular flexibility index (Phi) is 4.54. The summed E-state index contributed by atoms with van der Waals surface area (Å²) in [5.74, 6) is 0.122. The molecule has 1 heterocycles. The van der Waals surface area contributed by atoms with Crippen LogP contribution in [0.1, 0.15) is 19.3 Å². The molecule has 0 N–H and O–H groups in total. The van der Waals surface area contributed by atoms with Gasteiger partial charge in [0.15, 0.2) is 0 Å². The molecule has 0 aromatic heterocycles. The molecule has 1 saturated heterocycles. The fraction of sp³-hybridized carbons (Fsp3) is 0.700. The minimum atomic E-state index is 0.122. The van der Waals surface area contributed by atoms with Crippen LogP contribution in [0.3, 0.4) is 0 Å². The fourth-order valence-electron chi connectivity index (χ4n) is 1.46. The van der Waals surface area contributed by atoms with Crippen LogP contribution in [0.25, 0.3) is 0 Å². The number of methoxy groups -OCH3 is 1. The third-order valence-corrected chi connectivity index (χ3v) is 2.19. The average molecular weight is 183 g/mol. The first kappa shape index (κ1) is 10.3. The van der Waals surface area contributed by atoms with Crippen molar-refractivity contribution in [3.8, 4) is 0 Å². The van der Waals surface area contributed by atoms with E-state index < -0.39 is 0 Å². The molecule has 13 heavy (non-hydrogen) atoms.